The quantitative estimate of drug-likeness (QED) is 0.721. The highest BCUT2D eigenvalue weighted by molar-refractivity contribution is 5.77. The lowest BCUT2D eigenvalue weighted by atomic mass is 10.2. The number of rotatable bonds is 7. The van der Waals surface area contributed by atoms with Crippen molar-refractivity contribution < 1.29 is 8.94 Å². The molecule has 0 amide bonds. The number of aromatic nitrogens is 2. The number of nitrogens with two attached hydrogens (primary N) is 1. The summed E-state index contributed by atoms with van der Waals surface area (Å²) in [5, 5.41) is 5.11. The summed E-state index contributed by atoms with van der Waals surface area (Å²) in [6.07, 6.45) is 1.03. The summed E-state index contributed by atoms with van der Waals surface area (Å²) in [5.41, 5.74) is 6.43. The van der Waals surface area contributed by atoms with Gasteiger partial charge in [0.2, 0.25) is 5.89 Å². The van der Waals surface area contributed by atoms with Gasteiger partial charge in [-0.25, -0.2) is 0 Å². The van der Waals surface area contributed by atoms with Gasteiger partial charge in [0.15, 0.2) is 5.82 Å². The van der Waals surface area contributed by atoms with Crippen molar-refractivity contribution in [1.29, 1.82) is 0 Å². The van der Waals surface area contributed by atoms with Crippen molar-refractivity contribution in [3.05, 3.63) is 47.8 Å². The Hall–Kier alpha value is -2.18. The number of hydrogen-bond donors (Lipinski definition) is 1. The summed E-state index contributed by atoms with van der Waals surface area (Å²) in [6, 6.07) is 10.3. The Kier molecular flexibility index (Phi) is 4.73. The molecule has 0 aliphatic rings. The first-order valence-electron chi connectivity index (χ1n) is 7.95. The fourth-order valence-corrected chi connectivity index (χ4v) is 2.70. The number of para-hydroxylation sites is 1. The van der Waals surface area contributed by atoms with Crippen LogP contribution in [0.3, 0.4) is 0 Å². The number of hydrogen-bond acceptors (Lipinski definition) is 6. The second-order valence-corrected chi connectivity index (χ2v) is 5.64. The molecule has 6 nitrogen and oxygen atoms in total. The Labute approximate surface area is 135 Å². The minimum Gasteiger partial charge on any atom is -0.459 e. The molecule has 0 radical (unpaired) electrons. The van der Waals surface area contributed by atoms with Crippen LogP contribution in [0.2, 0.25) is 0 Å². The van der Waals surface area contributed by atoms with Gasteiger partial charge in [-0.1, -0.05) is 30.3 Å². The summed E-state index contributed by atoms with van der Waals surface area (Å²) in [7, 11) is 0. The first-order valence-corrected chi connectivity index (χ1v) is 7.95. The maximum absolute atomic E-state index is 6.00. The third-order valence-electron chi connectivity index (χ3n) is 3.94. The molecule has 0 aliphatic carbocycles. The molecule has 0 saturated carbocycles. The fourth-order valence-electron chi connectivity index (χ4n) is 2.70. The first-order chi connectivity index (χ1) is 11.2. The molecule has 6 heteroatoms. The van der Waals surface area contributed by atoms with Crippen molar-refractivity contribution in [3.63, 3.8) is 0 Å². The van der Waals surface area contributed by atoms with Gasteiger partial charge in [-0.15, -0.1) is 0 Å². The highest BCUT2D eigenvalue weighted by Crippen LogP contribution is 2.28. The zero-order valence-electron chi connectivity index (χ0n) is 13.5. The first kappa shape index (κ1) is 15.7. The highest BCUT2D eigenvalue weighted by Gasteiger charge is 2.21. The van der Waals surface area contributed by atoms with Gasteiger partial charge < -0.3 is 14.7 Å². The van der Waals surface area contributed by atoms with E-state index in [1.165, 1.54) is 0 Å². The number of nitrogens with zero attached hydrogens (tertiary/aromatic N) is 3. The van der Waals surface area contributed by atoms with E-state index in [1.54, 1.807) is 0 Å². The predicted octanol–water partition coefficient (Wildman–Crippen LogP) is 3.25. The molecular weight excluding hydrogens is 292 g/mol. The summed E-state index contributed by atoms with van der Waals surface area (Å²) in [4.78, 5) is 6.58. The van der Waals surface area contributed by atoms with E-state index < -0.39 is 0 Å². The predicted molar refractivity (Wildman–Crippen MR) is 87.5 cm³/mol. The Balaban J connectivity index is 1.81. The van der Waals surface area contributed by atoms with Crippen LogP contribution >= 0.6 is 0 Å². The number of benzene rings is 1. The van der Waals surface area contributed by atoms with E-state index >= 15 is 0 Å². The number of furan rings is 1. The normalized spacial score (nSPS) is 13.0. The Bertz CT molecular complexity index is 732. The third kappa shape index (κ3) is 3.43. The smallest absolute Gasteiger partial charge is 0.240 e. The van der Waals surface area contributed by atoms with E-state index in [1.807, 2.05) is 18.2 Å². The second kappa shape index (κ2) is 6.93. The molecule has 3 aromatic rings. The van der Waals surface area contributed by atoms with Crippen LogP contribution in [0.15, 0.2) is 39.3 Å². The summed E-state index contributed by atoms with van der Waals surface area (Å²) >= 11 is 0. The van der Waals surface area contributed by atoms with Crippen molar-refractivity contribution in [1.82, 2.24) is 15.0 Å². The summed E-state index contributed by atoms with van der Waals surface area (Å²) in [6.45, 7) is 6.08. The van der Waals surface area contributed by atoms with Crippen LogP contribution in [-0.2, 0) is 13.1 Å². The fraction of sp³-hybridized carbons (Fsp3) is 0.412. The van der Waals surface area contributed by atoms with Crippen LogP contribution in [0.4, 0.5) is 0 Å². The van der Waals surface area contributed by atoms with Crippen LogP contribution in [0.5, 0.6) is 0 Å². The van der Waals surface area contributed by atoms with Crippen molar-refractivity contribution in [3.8, 4) is 0 Å². The highest BCUT2D eigenvalue weighted by atomic mass is 16.5. The maximum atomic E-state index is 6.00. The Morgan fingerprint density at radius 1 is 1.30 bits per heavy atom. The molecule has 0 aliphatic heterocycles. The lowest BCUT2D eigenvalue weighted by Crippen LogP contribution is -2.27. The molecule has 2 N–H and O–H groups in total. The molecule has 23 heavy (non-hydrogen) atoms. The molecule has 122 valence electrons. The van der Waals surface area contributed by atoms with Gasteiger partial charge in [-0.3, -0.25) is 4.90 Å². The average Bonchev–Trinajstić information content (AvgIpc) is 3.20. The van der Waals surface area contributed by atoms with E-state index in [-0.39, 0.29) is 12.6 Å². The second-order valence-electron chi connectivity index (χ2n) is 5.64. The molecule has 0 fully saturated rings. The lowest BCUT2D eigenvalue weighted by molar-refractivity contribution is 0.175. The average molecular weight is 314 g/mol. The largest absolute Gasteiger partial charge is 0.459 e. The maximum Gasteiger partial charge on any atom is 0.240 e. The summed E-state index contributed by atoms with van der Waals surface area (Å²) in [5.74, 6) is 2.07. The van der Waals surface area contributed by atoms with Crippen LogP contribution < -0.4 is 5.73 Å². The molecule has 2 aromatic heterocycles. The minimum absolute atomic E-state index is 0.127. The van der Waals surface area contributed by atoms with Gasteiger partial charge in [0.25, 0.3) is 0 Å². The molecule has 3 rings (SSSR count). The van der Waals surface area contributed by atoms with Crippen molar-refractivity contribution in [2.24, 2.45) is 5.73 Å². The molecular formula is C17H22N4O2. The van der Waals surface area contributed by atoms with Crippen LogP contribution in [0.25, 0.3) is 11.0 Å². The van der Waals surface area contributed by atoms with Crippen LogP contribution in [0, 0.1) is 0 Å². The van der Waals surface area contributed by atoms with Gasteiger partial charge in [0, 0.05) is 5.39 Å². The molecule has 0 bridgehead atoms. The standard InChI is InChI=1S/C17H22N4O2/c1-3-8-21(11-16-19-17(10-18)23-20-16)12(2)15-9-13-6-4-5-7-14(13)22-15/h4-7,9,12H,3,8,10-11,18H2,1-2H3. The Morgan fingerprint density at radius 2 is 2.13 bits per heavy atom. The van der Waals surface area contributed by atoms with Crippen LogP contribution in [-0.4, -0.2) is 21.6 Å². The third-order valence-corrected chi connectivity index (χ3v) is 3.94. The SMILES string of the molecule is CCCN(Cc1noc(CN)n1)C(C)c1cc2ccccc2o1. The minimum atomic E-state index is 0.127. The topological polar surface area (TPSA) is 81.3 Å². The molecule has 1 aromatic carbocycles. The van der Waals surface area contributed by atoms with Gasteiger partial charge in [-0.05, 0) is 32.0 Å². The van der Waals surface area contributed by atoms with E-state index in [0.29, 0.717) is 18.3 Å². The van der Waals surface area contributed by atoms with Gasteiger partial charge >= 0.3 is 0 Å². The molecule has 1 unspecified atom stereocenters. The van der Waals surface area contributed by atoms with Crippen molar-refractivity contribution >= 4 is 11.0 Å². The zero-order chi connectivity index (χ0) is 16.2. The van der Waals surface area contributed by atoms with Crippen LogP contribution in [0.1, 0.15) is 43.8 Å². The van der Waals surface area contributed by atoms with Gasteiger partial charge in [-0.2, -0.15) is 4.98 Å². The zero-order valence-corrected chi connectivity index (χ0v) is 13.5. The Morgan fingerprint density at radius 3 is 2.83 bits per heavy atom. The monoisotopic (exact) mass is 314 g/mol. The molecule has 2 heterocycles. The molecule has 0 spiro atoms. The van der Waals surface area contributed by atoms with Crippen molar-refractivity contribution in [2.75, 3.05) is 6.54 Å². The van der Waals surface area contributed by atoms with E-state index in [9.17, 15) is 0 Å². The molecule has 0 saturated heterocycles. The molecule has 1 atom stereocenters. The van der Waals surface area contributed by atoms with Crippen molar-refractivity contribution in [2.45, 2.75) is 39.4 Å². The van der Waals surface area contributed by atoms with E-state index in [2.05, 4.69) is 41.0 Å². The summed E-state index contributed by atoms with van der Waals surface area (Å²) < 4.78 is 11.1. The van der Waals surface area contributed by atoms with E-state index in [0.717, 1.165) is 29.7 Å². The van der Waals surface area contributed by atoms with E-state index in [4.69, 9.17) is 14.7 Å². The lowest BCUT2D eigenvalue weighted by Gasteiger charge is -2.25. The van der Waals surface area contributed by atoms with Gasteiger partial charge in [0.1, 0.15) is 11.3 Å². The number of fused-ring (bicyclic) bond motifs is 1. The van der Waals surface area contributed by atoms with Gasteiger partial charge in [0.05, 0.1) is 19.1 Å².